The van der Waals surface area contributed by atoms with E-state index in [1.54, 1.807) is 0 Å². The summed E-state index contributed by atoms with van der Waals surface area (Å²) in [6.07, 6.45) is 2.53. The second-order valence-electron chi connectivity index (χ2n) is 5.24. The fourth-order valence-corrected chi connectivity index (χ4v) is 2.38. The monoisotopic (exact) mass is 277 g/mol. The van der Waals surface area contributed by atoms with Gasteiger partial charge in [0, 0.05) is 26.8 Å². The third kappa shape index (κ3) is 4.85. The number of amides is 1. The summed E-state index contributed by atoms with van der Waals surface area (Å²) in [7, 11) is 1.88. The molecule has 0 unspecified atom stereocenters. The largest absolute Gasteiger partial charge is 0.493 e. The summed E-state index contributed by atoms with van der Waals surface area (Å²) in [6.45, 7) is 2.90. The zero-order valence-electron chi connectivity index (χ0n) is 12.1. The maximum atomic E-state index is 12.0. The normalized spacial score (nSPS) is 15.8. The summed E-state index contributed by atoms with van der Waals surface area (Å²) in [4.78, 5) is 13.8. The van der Waals surface area contributed by atoms with Crippen LogP contribution in [0, 0.1) is 5.92 Å². The molecule has 0 N–H and O–H groups in total. The van der Waals surface area contributed by atoms with E-state index in [0.29, 0.717) is 18.9 Å². The summed E-state index contributed by atoms with van der Waals surface area (Å²) >= 11 is 0. The third-order valence-corrected chi connectivity index (χ3v) is 3.63. The van der Waals surface area contributed by atoms with Crippen LogP contribution in [0.2, 0.25) is 0 Å². The molecule has 1 saturated heterocycles. The minimum Gasteiger partial charge on any atom is -0.493 e. The Morgan fingerprint density at radius 2 is 2.00 bits per heavy atom. The quantitative estimate of drug-likeness (QED) is 0.801. The first kappa shape index (κ1) is 14.9. The van der Waals surface area contributed by atoms with E-state index in [1.807, 2.05) is 42.3 Å². The molecule has 1 aromatic rings. The van der Waals surface area contributed by atoms with Crippen molar-refractivity contribution in [3.05, 3.63) is 30.3 Å². The van der Waals surface area contributed by atoms with Crippen LogP contribution in [0.5, 0.6) is 5.75 Å². The first-order valence-electron chi connectivity index (χ1n) is 7.25. The van der Waals surface area contributed by atoms with Crippen LogP contribution in [0.4, 0.5) is 0 Å². The lowest BCUT2D eigenvalue weighted by atomic mass is 10.00. The smallest absolute Gasteiger partial charge is 0.225 e. The molecule has 0 bridgehead atoms. The highest BCUT2D eigenvalue weighted by Crippen LogP contribution is 2.16. The molecule has 1 aliphatic rings. The van der Waals surface area contributed by atoms with E-state index < -0.39 is 0 Å². The number of ether oxygens (including phenoxy) is 2. The van der Waals surface area contributed by atoms with E-state index in [0.717, 1.165) is 38.3 Å². The van der Waals surface area contributed by atoms with E-state index in [-0.39, 0.29) is 5.91 Å². The average molecular weight is 277 g/mol. The molecule has 1 heterocycles. The zero-order chi connectivity index (χ0) is 14.2. The second-order valence-corrected chi connectivity index (χ2v) is 5.24. The molecule has 1 fully saturated rings. The first-order chi connectivity index (χ1) is 9.75. The van der Waals surface area contributed by atoms with E-state index in [1.165, 1.54) is 0 Å². The molecule has 0 atom stereocenters. The van der Waals surface area contributed by atoms with Gasteiger partial charge >= 0.3 is 0 Å². The van der Waals surface area contributed by atoms with Crippen molar-refractivity contribution >= 4 is 5.91 Å². The number of benzene rings is 1. The average Bonchev–Trinajstić information content (AvgIpc) is 2.49. The Hall–Kier alpha value is -1.55. The lowest BCUT2D eigenvalue weighted by Crippen LogP contribution is -2.34. The van der Waals surface area contributed by atoms with Gasteiger partial charge in [0.25, 0.3) is 0 Å². The van der Waals surface area contributed by atoms with Crippen molar-refractivity contribution in [1.29, 1.82) is 0 Å². The van der Waals surface area contributed by atoms with Crippen LogP contribution < -0.4 is 4.74 Å². The van der Waals surface area contributed by atoms with Crippen LogP contribution in [-0.2, 0) is 9.53 Å². The Bertz CT molecular complexity index is 401. The van der Waals surface area contributed by atoms with Crippen molar-refractivity contribution in [3.8, 4) is 5.75 Å². The molecule has 4 nitrogen and oxygen atoms in total. The highest BCUT2D eigenvalue weighted by Gasteiger charge is 2.18. The minimum absolute atomic E-state index is 0.146. The fraction of sp³-hybridized carbons (Fsp3) is 0.562. The molecular weight excluding hydrogens is 254 g/mol. The van der Waals surface area contributed by atoms with E-state index in [4.69, 9.17) is 9.47 Å². The second kappa shape index (κ2) is 7.90. The lowest BCUT2D eigenvalue weighted by Gasteiger charge is -2.27. The molecule has 0 spiro atoms. The molecule has 20 heavy (non-hydrogen) atoms. The van der Waals surface area contributed by atoms with Gasteiger partial charge in [0.05, 0.1) is 13.0 Å². The SMILES string of the molecule is CN(CC1CCOCC1)C(=O)CCOc1ccccc1. The van der Waals surface area contributed by atoms with Crippen molar-refractivity contribution in [1.82, 2.24) is 4.90 Å². The highest BCUT2D eigenvalue weighted by molar-refractivity contribution is 5.76. The van der Waals surface area contributed by atoms with Crippen LogP contribution in [-0.4, -0.2) is 44.2 Å². The van der Waals surface area contributed by atoms with Crippen LogP contribution in [0.15, 0.2) is 30.3 Å². The Morgan fingerprint density at radius 1 is 1.30 bits per heavy atom. The van der Waals surface area contributed by atoms with Crippen LogP contribution >= 0.6 is 0 Å². The summed E-state index contributed by atoms with van der Waals surface area (Å²) in [5.74, 6) is 1.53. The van der Waals surface area contributed by atoms with Gasteiger partial charge in [-0.25, -0.2) is 0 Å². The molecule has 4 heteroatoms. The van der Waals surface area contributed by atoms with Gasteiger partial charge in [-0.05, 0) is 30.9 Å². The van der Waals surface area contributed by atoms with E-state index in [2.05, 4.69) is 0 Å². The maximum Gasteiger partial charge on any atom is 0.225 e. The minimum atomic E-state index is 0.146. The third-order valence-electron chi connectivity index (χ3n) is 3.63. The summed E-state index contributed by atoms with van der Waals surface area (Å²) in [5, 5.41) is 0. The van der Waals surface area contributed by atoms with Crippen molar-refractivity contribution in [2.45, 2.75) is 19.3 Å². The van der Waals surface area contributed by atoms with Crippen molar-refractivity contribution < 1.29 is 14.3 Å². The number of rotatable bonds is 6. The summed E-state index contributed by atoms with van der Waals surface area (Å²) in [5.41, 5.74) is 0. The Morgan fingerprint density at radius 3 is 2.70 bits per heavy atom. The molecule has 2 rings (SSSR count). The standard InChI is InChI=1S/C16H23NO3/c1-17(13-14-7-10-19-11-8-14)16(18)9-12-20-15-5-3-2-4-6-15/h2-6,14H,7-13H2,1H3. The molecule has 110 valence electrons. The fourth-order valence-electron chi connectivity index (χ4n) is 2.38. The Balaban J connectivity index is 1.65. The number of para-hydroxylation sites is 1. The Labute approximate surface area is 120 Å². The number of hydrogen-bond acceptors (Lipinski definition) is 3. The van der Waals surface area contributed by atoms with Gasteiger partial charge in [0.2, 0.25) is 5.91 Å². The molecule has 1 aromatic carbocycles. The zero-order valence-corrected chi connectivity index (χ0v) is 12.1. The molecule has 0 aromatic heterocycles. The predicted molar refractivity (Wildman–Crippen MR) is 77.7 cm³/mol. The highest BCUT2D eigenvalue weighted by atomic mass is 16.5. The van der Waals surface area contributed by atoms with Gasteiger partial charge < -0.3 is 14.4 Å². The van der Waals surface area contributed by atoms with Gasteiger partial charge in [-0.2, -0.15) is 0 Å². The van der Waals surface area contributed by atoms with Crippen LogP contribution in [0.25, 0.3) is 0 Å². The van der Waals surface area contributed by atoms with Crippen molar-refractivity contribution in [2.75, 3.05) is 33.4 Å². The van der Waals surface area contributed by atoms with Crippen LogP contribution in [0.1, 0.15) is 19.3 Å². The molecule has 1 aliphatic heterocycles. The lowest BCUT2D eigenvalue weighted by molar-refractivity contribution is -0.131. The van der Waals surface area contributed by atoms with E-state index >= 15 is 0 Å². The Kier molecular flexibility index (Phi) is 5.87. The first-order valence-corrected chi connectivity index (χ1v) is 7.25. The molecule has 0 aliphatic carbocycles. The van der Waals surface area contributed by atoms with E-state index in [9.17, 15) is 4.79 Å². The summed E-state index contributed by atoms with van der Waals surface area (Å²) < 4.78 is 10.9. The van der Waals surface area contributed by atoms with Gasteiger partial charge in [-0.15, -0.1) is 0 Å². The maximum absolute atomic E-state index is 12.0. The van der Waals surface area contributed by atoms with Gasteiger partial charge in [0.15, 0.2) is 0 Å². The van der Waals surface area contributed by atoms with Gasteiger partial charge in [-0.1, -0.05) is 18.2 Å². The van der Waals surface area contributed by atoms with Crippen molar-refractivity contribution in [2.24, 2.45) is 5.92 Å². The molecule has 1 amide bonds. The summed E-state index contributed by atoms with van der Waals surface area (Å²) in [6, 6.07) is 9.59. The number of hydrogen-bond donors (Lipinski definition) is 0. The van der Waals surface area contributed by atoms with Crippen molar-refractivity contribution in [3.63, 3.8) is 0 Å². The number of carbonyl (C=O) groups is 1. The molecular formula is C16H23NO3. The van der Waals surface area contributed by atoms with Crippen LogP contribution in [0.3, 0.4) is 0 Å². The predicted octanol–water partition coefficient (Wildman–Crippen LogP) is 2.34. The number of nitrogens with zero attached hydrogens (tertiary/aromatic N) is 1. The number of carbonyl (C=O) groups excluding carboxylic acids is 1. The topological polar surface area (TPSA) is 38.8 Å². The molecule has 0 radical (unpaired) electrons. The van der Waals surface area contributed by atoms with Gasteiger partial charge in [-0.3, -0.25) is 4.79 Å². The van der Waals surface area contributed by atoms with Gasteiger partial charge in [0.1, 0.15) is 5.75 Å². The molecule has 0 saturated carbocycles.